The van der Waals surface area contributed by atoms with Gasteiger partial charge in [0.1, 0.15) is 11.5 Å². The number of hydrogen-bond donors (Lipinski definition) is 2. The molecule has 0 saturated heterocycles. The zero-order valence-corrected chi connectivity index (χ0v) is 12.4. The van der Waals surface area contributed by atoms with Gasteiger partial charge in [-0.25, -0.2) is 9.67 Å². The van der Waals surface area contributed by atoms with Gasteiger partial charge in [0.05, 0.1) is 11.2 Å². The van der Waals surface area contributed by atoms with Gasteiger partial charge in [-0.2, -0.15) is 5.10 Å². The molecule has 0 aromatic carbocycles. The summed E-state index contributed by atoms with van der Waals surface area (Å²) in [6.07, 6.45) is 9.34. The molecule has 2 aromatic heterocycles. The van der Waals surface area contributed by atoms with Crippen molar-refractivity contribution < 1.29 is 0 Å². The van der Waals surface area contributed by atoms with Crippen LogP contribution >= 0.6 is 11.6 Å². The smallest absolute Gasteiger partial charge is 0.291 e. The molecule has 7 heteroatoms. The summed E-state index contributed by atoms with van der Waals surface area (Å²) in [5.74, 6) is 1.45. The highest BCUT2D eigenvalue weighted by molar-refractivity contribution is 6.32. The summed E-state index contributed by atoms with van der Waals surface area (Å²) in [5.41, 5.74) is 0.284. The number of halogens is 1. The maximum absolute atomic E-state index is 12.4. The maximum Gasteiger partial charge on any atom is 0.291 e. The van der Waals surface area contributed by atoms with Crippen molar-refractivity contribution in [3.63, 3.8) is 0 Å². The van der Waals surface area contributed by atoms with Crippen molar-refractivity contribution in [3.05, 3.63) is 39.8 Å². The fourth-order valence-electron chi connectivity index (χ4n) is 2.42. The molecule has 112 valence electrons. The first-order valence-corrected chi connectivity index (χ1v) is 7.59. The Morgan fingerprint density at radius 3 is 3.00 bits per heavy atom. The molecule has 0 spiro atoms. The number of nitrogens with one attached hydrogen (secondary N) is 2. The summed E-state index contributed by atoms with van der Waals surface area (Å²) in [6.45, 7) is 1.28. The SMILES string of the molecule is O=c1c(NCCc2ncc[nH]2)c(Cl)cnn1CC1CCC1. The van der Waals surface area contributed by atoms with Crippen LogP contribution in [-0.2, 0) is 13.0 Å². The summed E-state index contributed by atoms with van der Waals surface area (Å²) >= 11 is 6.08. The van der Waals surface area contributed by atoms with E-state index in [-0.39, 0.29) is 5.56 Å². The normalized spacial score (nSPS) is 14.9. The first kappa shape index (κ1) is 14.1. The minimum atomic E-state index is -0.145. The van der Waals surface area contributed by atoms with Gasteiger partial charge >= 0.3 is 0 Å². The molecule has 2 heterocycles. The molecule has 1 aliphatic carbocycles. The highest BCUT2D eigenvalue weighted by atomic mass is 35.5. The minimum absolute atomic E-state index is 0.145. The second-order valence-corrected chi connectivity index (χ2v) is 5.77. The highest BCUT2D eigenvalue weighted by Gasteiger charge is 2.20. The highest BCUT2D eigenvalue weighted by Crippen LogP contribution is 2.27. The molecule has 2 aromatic rings. The molecule has 0 bridgehead atoms. The van der Waals surface area contributed by atoms with Crippen molar-refractivity contribution in [3.8, 4) is 0 Å². The third-order valence-corrected chi connectivity index (χ3v) is 4.16. The fourth-order valence-corrected chi connectivity index (χ4v) is 2.61. The lowest BCUT2D eigenvalue weighted by Crippen LogP contribution is -2.31. The van der Waals surface area contributed by atoms with Crippen LogP contribution in [0.25, 0.3) is 0 Å². The van der Waals surface area contributed by atoms with E-state index in [4.69, 9.17) is 11.6 Å². The van der Waals surface area contributed by atoms with Crippen molar-refractivity contribution >= 4 is 17.3 Å². The van der Waals surface area contributed by atoms with Crippen LogP contribution < -0.4 is 10.9 Å². The lowest BCUT2D eigenvalue weighted by molar-refractivity contribution is 0.262. The quantitative estimate of drug-likeness (QED) is 0.856. The Bertz CT molecular complexity index is 648. The number of aromatic amines is 1. The van der Waals surface area contributed by atoms with Crippen molar-refractivity contribution in [1.82, 2.24) is 19.7 Å². The average molecular weight is 308 g/mol. The minimum Gasteiger partial charge on any atom is -0.379 e. The molecule has 1 saturated carbocycles. The van der Waals surface area contributed by atoms with Crippen LogP contribution in [0.2, 0.25) is 5.02 Å². The first-order chi connectivity index (χ1) is 10.2. The van der Waals surface area contributed by atoms with Crippen LogP contribution in [0.5, 0.6) is 0 Å². The van der Waals surface area contributed by atoms with E-state index in [1.165, 1.54) is 30.1 Å². The van der Waals surface area contributed by atoms with E-state index in [1.54, 1.807) is 12.4 Å². The predicted octanol–water partition coefficient (Wildman–Crippen LogP) is 2.07. The van der Waals surface area contributed by atoms with Crippen molar-refractivity contribution in [1.29, 1.82) is 0 Å². The summed E-state index contributed by atoms with van der Waals surface area (Å²) < 4.78 is 1.52. The van der Waals surface area contributed by atoms with Gasteiger partial charge < -0.3 is 10.3 Å². The third-order valence-electron chi connectivity index (χ3n) is 3.87. The number of hydrogen-bond acceptors (Lipinski definition) is 4. The van der Waals surface area contributed by atoms with E-state index >= 15 is 0 Å². The number of nitrogens with zero attached hydrogens (tertiary/aromatic N) is 3. The Morgan fingerprint density at radius 1 is 1.48 bits per heavy atom. The van der Waals surface area contributed by atoms with E-state index in [2.05, 4.69) is 20.4 Å². The zero-order valence-electron chi connectivity index (χ0n) is 11.7. The maximum atomic E-state index is 12.4. The molecule has 0 aliphatic heterocycles. The van der Waals surface area contributed by atoms with Crippen LogP contribution in [0, 0.1) is 5.92 Å². The topological polar surface area (TPSA) is 75.6 Å². The molecule has 21 heavy (non-hydrogen) atoms. The van der Waals surface area contributed by atoms with Crippen LogP contribution in [0.15, 0.2) is 23.4 Å². The van der Waals surface area contributed by atoms with Crippen LogP contribution in [0.3, 0.4) is 0 Å². The molecule has 0 radical (unpaired) electrons. The molecule has 6 nitrogen and oxygen atoms in total. The van der Waals surface area contributed by atoms with Crippen LogP contribution in [-0.4, -0.2) is 26.3 Å². The fraction of sp³-hybridized carbons (Fsp3) is 0.500. The molecule has 0 amide bonds. The van der Waals surface area contributed by atoms with Gasteiger partial charge in [0.25, 0.3) is 5.56 Å². The van der Waals surface area contributed by atoms with E-state index in [9.17, 15) is 4.79 Å². The van der Waals surface area contributed by atoms with E-state index in [1.807, 2.05) is 0 Å². The Morgan fingerprint density at radius 2 is 2.33 bits per heavy atom. The Balaban J connectivity index is 1.67. The lowest BCUT2D eigenvalue weighted by atomic mass is 9.85. The molecule has 1 fully saturated rings. The Labute approximate surface area is 127 Å². The standard InChI is InChI=1S/C14H18ClN5O/c15-11-8-19-20(9-10-2-1-3-10)14(21)13(11)18-5-4-12-16-6-7-17-12/h6-8,10,18H,1-5,9H2,(H,16,17). The number of H-pyrrole nitrogens is 1. The van der Waals surface area contributed by atoms with Gasteiger partial charge in [-0.1, -0.05) is 18.0 Å². The van der Waals surface area contributed by atoms with Gasteiger partial charge in [-0.05, 0) is 18.8 Å². The second kappa shape index (κ2) is 6.30. The monoisotopic (exact) mass is 307 g/mol. The third kappa shape index (κ3) is 3.26. The predicted molar refractivity (Wildman–Crippen MR) is 81.6 cm³/mol. The largest absolute Gasteiger partial charge is 0.379 e. The average Bonchev–Trinajstić information content (AvgIpc) is 2.93. The lowest BCUT2D eigenvalue weighted by Gasteiger charge is -2.25. The number of rotatable bonds is 6. The van der Waals surface area contributed by atoms with E-state index in [0.717, 1.165) is 5.82 Å². The summed E-state index contributed by atoms with van der Waals surface area (Å²) in [5, 5.41) is 7.60. The van der Waals surface area contributed by atoms with Crippen molar-refractivity contribution in [2.24, 2.45) is 5.92 Å². The zero-order chi connectivity index (χ0) is 14.7. The number of imidazole rings is 1. The van der Waals surface area contributed by atoms with Gasteiger partial charge in [-0.3, -0.25) is 4.79 Å². The first-order valence-electron chi connectivity index (χ1n) is 7.22. The van der Waals surface area contributed by atoms with E-state index in [0.29, 0.717) is 36.1 Å². The molecule has 3 rings (SSSR count). The second-order valence-electron chi connectivity index (χ2n) is 5.36. The Hall–Kier alpha value is -1.82. The van der Waals surface area contributed by atoms with Gasteiger partial charge in [0.2, 0.25) is 0 Å². The van der Waals surface area contributed by atoms with Gasteiger partial charge in [-0.15, -0.1) is 0 Å². The Kier molecular flexibility index (Phi) is 4.24. The molecule has 0 atom stereocenters. The number of anilines is 1. The number of aromatic nitrogens is 4. The van der Waals surface area contributed by atoms with Crippen molar-refractivity contribution in [2.75, 3.05) is 11.9 Å². The van der Waals surface area contributed by atoms with Gasteiger partial charge in [0.15, 0.2) is 0 Å². The summed E-state index contributed by atoms with van der Waals surface area (Å²) in [7, 11) is 0. The molecular formula is C14H18ClN5O. The van der Waals surface area contributed by atoms with Crippen LogP contribution in [0.1, 0.15) is 25.1 Å². The molecule has 1 aliphatic rings. The van der Waals surface area contributed by atoms with Crippen LogP contribution in [0.4, 0.5) is 5.69 Å². The van der Waals surface area contributed by atoms with Gasteiger partial charge in [0, 0.05) is 31.9 Å². The van der Waals surface area contributed by atoms with E-state index < -0.39 is 0 Å². The molecule has 0 unspecified atom stereocenters. The van der Waals surface area contributed by atoms with Crippen molar-refractivity contribution in [2.45, 2.75) is 32.2 Å². The molecular weight excluding hydrogens is 290 g/mol. The molecule has 2 N–H and O–H groups in total. The summed E-state index contributed by atoms with van der Waals surface area (Å²) in [6, 6.07) is 0. The summed E-state index contributed by atoms with van der Waals surface area (Å²) in [4.78, 5) is 19.6.